The average molecular weight is 452 g/mol. The number of hydrogen-bond acceptors (Lipinski definition) is 5. The van der Waals surface area contributed by atoms with Gasteiger partial charge in [0.25, 0.3) is 0 Å². The molecule has 176 valence electrons. The molecule has 0 bridgehead atoms. The van der Waals surface area contributed by atoms with E-state index in [2.05, 4.69) is 15.3 Å². The van der Waals surface area contributed by atoms with Crippen LogP contribution in [0.5, 0.6) is 0 Å². The van der Waals surface area contributed by atoms with Crippen LogP contribution in [0, 0.1) is 0 Å². The molecule has 0 spiro atoms. The van der Waals surface area contributed by atoms with Crippen LogP contribution >= 0.6 is 0 Å². The maximum absolute atomic E-state index is 13.3. The Balaban J connectivity index is 1.65. The number of likely N-dealkylation sites (tertiary alicyclic amines) is 1. The fraction of sp³-hybridized carbons (Fsp3) is 0.417. The lowest BCUT2D eigenvalue weighted by atomic mass is 10.0. The van der Waals surface area contributed by atoms with E-state index in [4.69, 9.17) is 17.2 Å². The molecule has 1 aliphatic rings. The number of aromatic nitrogens is 1. The van der Waals surface area contributed by atoms with Crippen molar-refractivity contribution in [3.05, 3.63) is 66.0 Å². The molecule has 9 heteroatoms. The molecule has 0 unspecified atom stereocenters. The molecule has 1 aliphatic heterocycles. The minimum atomic E-state index is -0.689. The average Bonchev–Trinajstić information content (AvgIpc) is 3.32. The summed E-state index contributed by atoms with van der Waals surface area (Å²) in [6.45, 7) is 0.939. The van der Waals surface area contributed by atoms with Gasteiger partial charge in [0.1, 0.15) is 6.04 Å². The number of guanidine groups is 1. The van der Waals surface area contributed by atoms with Gasteiger partial charge >= 0.3 is 0 Å². The first-order valence-corrected chi connectivity index (χ1v) is 11.3. The monoisotopic (exact) mass is 451 g/mol. The molecule has 3 rings (SSSR count). The summed E-state index contributed by atoms with van der Waals surface area (Å²) in [5.74, 6) is -0.360. The molecule has 7 N–H and O–H groups in total. The summed E-state index contributed by atoms with van der Waals surface area (Å²) >= 11 is 0. The molecule has 9 nitrogen and oxygen atoms in total. The highest BCUT2D eigenvalue weighted by molar-refractivity contribution is 5.90. The molecule has 2 aromatic rings. The maximum Gasteiger partial charge on any atom is 0.243 e. The molecule has 0 saturated carbocycles. The van der Waals surface area contributed by atoms with Gasteiger partial charge in [-0.15, -0.1) is 0 Å². The summed E-state index contributed by atoms with van der Waals surface area (Å²) in [4.78, 5) is 36.2. The summed E-state index contributed by atoms with van der Waals surface area (Å²) in [7, 11) is 0. The Bertz CT molecular complexity index is 932. The van der Waals surface area contributed by atoms with Gasteiger partial charge in [-0.05, 0) is 43.4 Å². The van der Waals surface area contributed by atoms with Crippen molar-refractivity contribution >= 4 is 17.8 Å². The topological polar surface area (TPSA) is 153 Å². The number of benzene rings is 1. The number of hydrogen-bond donors (Lipinski definition) is 4. The predicted molar refractivity (Wildman–Crippen MR) is 128 cm³/mol. The fourth-order valence-electron chi connectivity index (χ4n) is 4.09. The number of nitrogens with one attached hydrogen (secondary N) is 1. The van der Waals surface area contributed by atoms with Gasteiger partial charge in [-0.3, -0.25) is 19.6 Å². The minimum Gasteiger partial charge on any atom is -0.370 e. The number of carbonyl (C=O) groups excluding carboxylic acids is 2. The van der Waals surface area contributed by atoms with Crippen LogP contribution in [0.15, 0.2) is 59.7 Å². The van der Waals surface area contributed by atoms with Crippen molar-refractivity contribution in [3.8, 4) is 0 Å². The molecule has 3 atom stereocenters. The van der Waals surface area contributed by atoms with E-state index < -0.39 is 12.1 Å². The van der Waals surface area contributed by atoms with Crippen molar-refractivity contribution < 1.29 is 9.59 Å². The normalized spacial score (nSPS) is 17.2. The number of nitrogens with zero attached hydrogens (tertiary/aromatic N) is 3. The van der Waals surface area contributed by atoms with Crippen LogP contribution in [0.2, 0.25) is 0 Å². The molecule has 0 aliphatic carbocycles. The lowest BCUT2D eigenvalue weighted by Crippen LogP contribution is -2.51. The van der Waals surface area contributed by atoms with E-state index in [1.807, 2.05) is 48.5 Å². The predicted octanol–water partition coefficient (Wildman–Crippen LogP) is 0.854. The molecule has 33 heavy (non-hydrogen) atoms. The smallest absolute Gasteiger partial charge is 0.243 e. The van der Waals surface area contributed by atoms with Crippen molar-refractivity contribution in [3.63, 3.8) is 0 Å². The molecule has 2 amide bonds. The minimum absolute atomic E-state index is 0.0184. The third kappa shape index (κ3) is 7.01. The van der Waals surface area contributed by atoms with Gasteiger partial charge in [0.05, 0.1) is 12.1 Å². The molecule has 1 aromatic heterocycles. The van der Waals surface area contributed by atoms with Gasteiger partial charge in [-0.2, -0.15) is 0 Å². The van der Waals surface area contributed by atoms with Crippen LogP contribution in [-0.2, 0) is 16.0 Å². The van der Waals surface area contributed by atoms with Gasteiger partial charge in [0, 0.05) is 31.4 Å². The first kappa shape index (κ1) is 24.2. The second-order valence-corrected chi connectivity index (χ2v) is 8.24. The number of nitrogens with two attached hydrogens (primary N) is 3. The third-order valence-electron chi connectivity index (χ3n) is 5.78. The van der Waals surface area contributed by atoms with Gasteiger partial charge in [0.15, 0.2) is 5.96 Å². The Kier molecular flexibility index (Phi) is 8.77. The largest absolute Gasteiger partial charge is 0.370 e. The van der Waals surface area contributed by atoms with Gasteiger partial charge < -0.3 is 27.4 Å². The first-order chi connectivity index (χ1) is 16.0. The standard InChI is InChI=1S/C24H33N7O2/c25-19(11-6-14-29-24(26)27)23(33)31-15-7-12-21(31)22(32)30-20(17-8-2-1-3-9-17)16-18-10-4-5-13-28-18/h1-5,8-10,13,19-21H,6-7,11-12,14-16,25H2,(H,30,32)(H4,26,27,29)/t19-,20-,21-/m0/s1. The van der Waals surface area contributed by atoms with Crippen molar-refractivity contribution in [2.24, 2.45) is 22.2 Å². The summed E-state index contributed by atoms with van der Waals surface area (Å²) in [6.07, 6.45) is 4.72. The Morgan fingerprint density at radius 2 is 1.91 bits per heavy atom. The Labute approximate surface area is 194 Å². The van der Waals surface area contributed by atoms with E-state index >= 15 is 0 Å². The lowest BCUT2D eigenvalue weighted by Gasteiger charge is -2.28. The van der Waals surface area contributed by atoms with Gasteiger partial charge in [-0.25, -0.2) is 0 Å². The van der Waals surface area contributed by atoms with Crippen molar-refractivity contribution in [2.45, 2.75) is 50.2 Å². The highest BCUT2D eigenvalue weighted by atomic mass is 16.2. The SMILES string of the molecule is NC(N)=NCCC[C@H](N)C(=O)N1CCC[C@H]1C(=O)N[C@@H](Cc1ccccn1)c1ccccc1. The summed E-state index contributed by atoms with van der Waals surface area (Å²) in [5, 5.41) is 3.15. The second kappa shape index (κ2) is 12.0. The quantitative estimate of drug-likeness (QED) is 0.239. The Morgan fingerprint density at radius 3 is 2.61 bits per heavy atom. The highest BCUT2D eigenvalue weighted by Crippen LogP contribution is 2.22. The molecular weight excluding hydrogens is 418 g/mol. The van der Waals surface area contributed by atoms with Gasteiger partial charge in [0.2, 0.25) is 11.8 Å². The third-order valence-corrected chi connectivity index (χ3v) is 5.78. The fourth-order valence-corrected chi connectivity index (χ4v) is 4.09. The van der Waals surface area contributed by atoms with E-state index in [9.17, 15) is 9.59 Å². The number of amides is 2. The van der Waals surface area contributed by atoms with Crippen LogP contribution in [0.4, 0.5) is 0 Å². The summed E-state index contributed by atoms with van der Waals surface area (Å²) < 4.78 is 0. The molecule has 2 heterocycles. The van der Waals surface area contributed by atoms with Crippen molar-refractivity contribution in [1.29, 1.82) is 0 Å². The van der Waals surface area contributed by atoms with Crippen LogP contribution in [0.25, 0.3) is 0 Å². The van der Waals surface area contributed by atoms with E-state index in [0.29, 0.717) is 38.8 Å². The molecule has 1 aromatic carbocycles. The summed E-state index contributed by atoms with van der Waals surface area (Å²) in [5.41, 5.74) is 18.6. The number of carbonyl (C=O) groups is 2. The highest BCUT2D eigenvalue weighted by Gasteiger charge is 2.36. The second-order valence-electron chi connectivity index (χ2n) is 8.24. The number of pyridine rings is 1. The van der Waals surface area contributed by atoms with Crippen molar-refractivity contribution in [2.75, 3.05) is 13.1 Å². The van der Waals surface area contributed by atoms with E-state index in [-0.39, 0.29) is 23.8 Å². The van der Waals surface area contributed by atoms with Gasteiger partial charge in [-0.1, -0.05) is 36.4 Å². The zero-order valence-corrected chi connectivity index (χ0v) is 18.8. The zero-order chi connectivity index (χ0) is 23.6. The van der Waals surface area contributed by atoms with Crippen LogP contribution in [0.1, 0.15) is 43.0 Å². The lowest BCUT2D eigenvalue weighted by molar-refractivity contribution is -0.139. The summed E-state index contributed by atoms with van der Waals surface area (Å²) in [6, 6.07) is 14.1. The van der Waals surface area contributed by atoms with E-state index in [1.54, 1.807) is 11.1 Å². The van der Waals surface area contributed by atoms with Crippen LogP contribution < -0.4 is 22.5 Å². The number of aliphatic imine (C=N–C) groups is 1. The van der Waals surface area contributed by atoms with E-state index in [0.717, 1.165) is 17.7 Å². The zero-order valence-electron chi connectivity index (χ0n) is 18.8. The van der Waals surface area contributed by atoms with E-state index in [1.165, 1.54) is 0 Å². The molecular formula is C24H33N7O2. The molecule has 1 saturated heterocycles. The Morgan fingerprint density at radius 1 is 1.15 bits per heavy atom. The molecule has 0 radical (unpaired) electrons. The van der Waals surface area contributed by atoms with Crippen LogP contribution in [-0.4, -0.2) is 52.8 Å². The Hall–Kier alpha value is -3.46. The first-order valence-electron chi connectivity index (χ1n) is 11.3. The van der Waals surface area contributed by atoms with Crippen molar-refractivity contribution in [1.82, 2.24) is 15.2 Å². The molecule has 1 fully saturated rings. The maximum atomic E-state index is 13.3. The van der Waals surface area contributed by atoms with Crippen LogP contribution in [0.3, 0.4) is 0 Å². The number of rotatable bonds is 10.